The van der Waals surface area contributed by atoms with Gasteiger partial charge in [-0.05, 0) is 31.6 Å². The summed E-state index contributed by atoms with van der Waals surface area (Å²) >= 11 is 0. The lowest BCUT2D eigenvalue weighted by molar-refractivity contribution is -0.180. The lowest BCUT2D eigenvalue weighted by Gasteiger charge is -2.45. The molecule has 124 valence electrons. The van der Waals surface area contributed by atoms with Crippen molar-refractivity contribution in [1.82, 2.24) is 5.43 Å². The molecule has 2 saturated heterocycles. The topological polar surface area (TPSA) is 65.7 Å². The molecule has 0 bridgehead atoms. The van der Waals surface area contributed by atoms with Crippen LogP contribution in [0.5, 0.6) is 0 Å². The van der Waals surface area contributed by atoms with Crippen LogP contribution in [0.2, 0.25) is 0 Å². The molecule has 0 aromatic rings. The number of alkyl halides is 3. The van der Waals surface area contributed by atoms with Crippen molar-refractivity contribution < 1.29 is 27.4 Å². The SMILES string of the molecule is NNC(COCC(F)(F)F)C1CCOC2(CCOCC2)C1. The van der Waals surface area contributed by atoms with Crippen molar-refractivity contribution in [2.45, 2.75) is 43.5 Å². The fourth-order valence-corrected chi connectivity index (χ4v) is 3.12. The molecule has 2 aliphatic rings. The van der Waals surface area contributed by atoms with E-state index in [2.05, 4.69) is 5.43 Å². The van der Waals surface area contributed by atoms with Crippen LogP contribution in [-0.4, -0.2) is 50.9 Å². The highest BCUT2D eigenvalue weighted by atomic mass is 19.4. The first-order valence-corrected chi connectivity index (χ1v) is 7.26. The summed E-state index contributed by atoms with van der Waals surface area (Å²) in [5.74, 6) is 5.64. The molecule has 1 spiro atoms. The van der Waals surface area contributed by atoms with E-state index in [1.54, 1.807) is 0 Å². The van der Waals surface area contributed by atoms with E-state index in [0.29, 0.717) is 19.8 Å². The summed E-state index contributed by atoms with van der Waals surface area (Å²) in [6.07, 6.45) is -1.11. The second-order valence-corrected chi connectivity index (χ2v) is 5.80. The smallest absolute Gasteiger partial charge is 0.381 e. The van der Waals surface area contributed by atoms with E-state index in [4.69, 9.17) is 20.1 Å². The number of ether oxygens (including phenoxy) is 3. The molecule has 3 N–H and O–H groups in total. The Morgan fingerprint density at radius 2 is 2.00 bits per heavy atom. The Balaban J connectivity index is 1.85. The Kier molecular flexibility index (Phi) is 5.84. The van der Waals surface area contributed by atoms with Crippen LogP contribution in [-0.2, 0) is 14.2 Å². The molecule has 2 fully saturated rings. The number of hydrogen-bond acceptors (Lipinski definition) is 5. The molecule has 5 nitrogen and oxygen atoms in total. The lowest BCUT2D eigenvalue weighted by Crippen LogP contribution is -2.52. The minimum Gasteiger partial charge on any atom is -0.381 e. The third-order valence-electron chi connectivity index (χ3n) is 4.28. The monoisotopic (exact) mass is 312 g/mol. The fraction of sp³-hybridized carbons (Fsp3) is 1.00. The number of nitrogens with one attached hydrogen (secondary N) is 1. The van der Waals surface area contributed by atoms with Gasteiger partial charge in [-0.25, -0.2) is 0 Å². The van der Waals surface area contributed by atoms with Gasteiger partial charge in [0.1, 0.15) is 6.61 Å². The Hall–Kier alpha value is -0.410. The predicted octanol–water partition coefficient (Wildman–Crippen LogP) is 1.37. The summed E-state index contributed by atoms with van der Waals surface area (Å²) in [6, 6.07) is -0.295. The van der Waals surface area contributed by atoms with E-state index in [1.165, 1.54) is 0 Å². The van der Waals surface area contributed by atoms with E-state index < -0.39 is 12.8 Å². The van der Waals surface area contributed by atoms with Gasteiger partial charge >= 0.3 is 6.18 Å². The van der Waals surface area contributed by atoms with Crippen LogP contribution >= 0.6 is 0 Å². The van der Waals surface area contributed by atoms with Crippen LogP contribution < -0.4 is 11.3 Å². The zero-order chi connectivity index (χ0) is 15.3. The van der Waals surface area contributed by atoms with Crippen LogP contribution in [0.15, 0.2) is 0 Å². The van der Waals surface area contributed by atoms with Crippen molar-refractivity contribution in [2.24, 2.45) is 11.8 Å². The van der Waals surface area contributed by atoms with E-state index in [9.17, 15) is 13.2 Å². The van der Waals surface area contributed by atoms with Gasteiger partial charge in [0.15, 0.2) is 0 Å². The molecule has 8 heteroatoms. The summed E-state index contributed by atoms with van der Waals surface area (Å²) in [4.78, 5) is 0. The van der Waals surface area contributed by atoms with Gasteiger partial charge in [0, 0.05) is 25.9 Å². The van der Waals surface area contributed by atoms with Crippen LogP contribution in [0, 0.1) is 5.92 Å². The zero-order valence-corrected chi connectivity index (χ0v) is 12.0. The quantitative estimate of drug-likeness (QED) is 0.593. The number of rotatable bonds is 5. The van der Waals surface area contributed by atoms with Crippen LogP contribution in [0.3, 0.4) is 0 Å². The molecular weight excluding hydrogens is 289 g/mol. The molecule has 2 unspecified atom stereocenters. The molecule has 0 aromatic carbocycles. The second kappa shape index (κ2) is 7.23. The summed E-state index contributed by atoms with van der Waals surface area (Å²) < 4.78 is 52.4. The first kappa shape index (κ1) is 17.0. The Morgan fingerprint density at radius 1 is 1.29 bits per heavy atom. The number of nitrogens with two attached hydrogens (primary N) is 1. The first-order chi connectivity index (χ1) is 9.94. The highest BCUT2D eigenvalue weighted by molar-refractivity contribution is 4.92. The Labute approximate surface area is 122 Å². The largest absolute Gasteiger partial charge is 0.411 e. The maximum absolute atomic E-state index is 12.1. The van der Waals surface area contributed by atoms with E-state index in [-0.39, 0.29) is 24.2 Å². The van der Waals surface area contributed by atoms with Crippen molar-refractivity contribution in [1.29, 1.82) is 0 Å². The molecule has 2 atom stereocenters. The predicted molar refractivity (Wildman–Crippen MR) is 69.4 cm³/mol. The minimum absolute atomic E-state index is 0.0484. The Morgan fingerprint density at radius 3 is 2.62 bits per heavy atom. The van der Waals surface area contributed by atoms with Gasteiger partial charge in [0.05, 0.1) is 12.2 Å². The maximum Gasteiger partial charge on any atom is 0.411 e. The van der Waals surface area contributed by atoms with Crippen molar-refractivity contribution in [3.63, 3.8) is 0 Å². The highest BCUT2D eigenvalue weighted by Crippen LogP contribution is 2.38. The molecule has 2 rings (SSSR count). The molecule has 0 aromatic heterocycles. The molecule has 0 amide bonds. The standard InChI is InChI=1S/C13H23F3N2O3/c14-13(15,16)9-20-8-11(18-17)10-1-4-21-12(7-10)2-5-19-6-3-12/h10-11,18H,1-9,17H2. The van der Waals surface area contributed by atoms with Crippen LogP contribution in [0.25, 0.3) is 0 Å². The van der Waals surface area contributed by atoms with Gasteiger partial charge in [0.25, 0.3) is 0 Å². The molecule has 2 heterocycles. The van der Waals surface area contributed by atoms with Crippen molar-refractivity contribution in [3.8, 4) is 0 Å². The number of hydrogen-bond donors (Lipinski definition) is 2. The Bertz CT molecular complexity index is 317. The molecular formula is C13H23F3N2O3. The van der Waals surface area contributed by atoms with Gasteiger partial charge < -0.3 is 14.2 Å². The summed E-state index contributed by atoms with van der Waals surface area (Å²) in [5, 5.41) is 0. The van der Waals surface area contributed by atoms with E-state index in [0.717, 1.165) is 25.7 Å². The summed E-state index contributed by atoms with van der Waals surface area (Å²) in [6.45, 7) is 0.638. The highest BCUT2D eigenvalue weighted by Gasteiger charge is 2.41. The fourth-order valence-electron chi connectivity index (χ4n) is 3.12. The molecule has 2 aliphatic heterocycles. The van der Waals surface area contributed by atoms with Crippen LogP contribution in [0.4, 0.5) is 13.2 Å². The number of halogens is 3. The lowest BCUT2D eigenvalue weighted by atomic mass is 9.78. The van der Waals surface area contributed by atoms with Crippen molar-refractivity contribution in [2.75, 3.05) is 33.0 Å². The summed E-state index contributed by atoms with van der Waals surface area (Å²) in [7, 11) is 0. The second-order valence-electron chi connectivity index (χ2n) is 5.80. The molecule has 0 saturated carbocycles. The van der Waals surface area contributed by atoms with Gasteiger partial charge in [-0.1, -0.05) is 0 Å². The average molecular weight is 312 g/mol. The maximum atomic E-state index is 12.1. The molecule has 21 heavy (non-hydrogen) atoms. The normalized spacial score (nSPS) is 27.7. The van der Waals surface area contributed by atoms with Crippen LogP contribution in [0.1, 0.15) is 25.7 Å². The van der Waals surface area contributed by atoms with Crippen molar-refractivity contribution >= 4 is 0 Å². The average Bonchev–Trinajstić information content (AvgIpc) is 2.43. The van der Waals surface area contributed by atoms with Gasteiger partial charge in [-0.15, -0.1) is 0 Å². The van der Waals surface area contributed by atoms with E-state index in [1.807, 2.05) is 0 Å². The van der Waals surface area contributed by atoms with E-state index >= 15 is 0 Å². The number of hydrazine groups is 1. The zero-order valence-electron chi connectivity index (χ0n) is 12.0. The third-order valence-corrected chi connectivity index (χ3v) is 4.28. The van der Waals surface area contributed by atoms with Gasteiger partial charge in [0.2, 0.25) is 0 Å². The third kappa shape index (κ3) is 5.07. The van der Waals surface area contributed by atoms with Gasteiger partial charge in [-0.2, -0.15) is 13.2 Å². The molecule has 0 aliphatic carbocycles. The molecule has 0 radical (unpaired) electrons. The van der Waals surface area contributed by atoms with Gasteiger partial charge in [-0.3, -0.25) is 11.3 Å². The summed E-state index contributed by atoms with van der Waals surface area (Å²) in [5.41, 5.74) is 2.39. The van der Waals surface area contributed by atoms with Crippen molar-refractivity contribution in [3.05, 3.63) is 0 Å². The minimum atomic E-state index is -4.31. The first-order valence-electron chi connectivity index (χ1n) is 7.26.